The van der Waals surface area contributed by atoms with Gasteiger partial charge in [0.15, 0.2) is 0 Å². The number of esters is 1. The summed E-state index contributed by atoms with van der Waals surface area (Å²) in [6, 6.07) is 8.36. The molecule has 0 aliphatic carbocycles. The van der Waals surface area contributed by atoms with Crippen LogP contribution in [-0.4, -0.2) is 52.9 Å². The van der Waals surface area contributed by atoms with Crippen molar-refractivity contribution in [2.75, 3.05) is 13.1 Å². The fourth-order valence-corrected chi connectivity index (χ4v) is 2.71. The fourth-order valence-electron chi connectivity index (χ4n) is 2.71. The van der Waals surface area contributed by atoms with Gasteiger partial charge in [-0.1, -0.05) is 30.3 Å². The van der Waals surface area contributed by atoms with Crippen molar-refractivity contribution in [3.63, 3.8) is 0 Å². The van der Waals surface area contributed by atoms with E-state index in [9.17, 15) is 19.2 Å². The monoisotopic (exact) mass is 362 g/mol. The summed E-state index contributed by atoms with van der Waals surface area (Å²) < 4.78 is 5.07. The lowest BCUT2D eigenvalue weighted by Gasteiger charge is -2.21. The molecule has 8 heteroatoms. The van der Waals surface area contributed by atoms with Gasteiger partial charge in [-0.05, 0) is 18.4 Å². The molecule has 0 spiro atoms. The smallest absolute Gasteiger partial charge is 0.326 e. The maximum Gasteiger partial charge on any atom is 0.326 e. The summed E-state index contributed by atoms with van der Waals surface area (Å²) >= 11 is 0. The normalized spacial score (nSPS) is 16.2. The largest absolute Gasteiger partial charge is 0.480 e. The average Bonchev–Trinajstić information content (AvgIpc) is 3.14. The molecular formula is C18H22N2O6. The van der Waals surface area contributed by atoms with Crippen LogP contribution in [0.2, 0.25) is 0 Å². The summed E-state index contributed by atoms with van der Waals surface area (Å²) in [7, 11) is 0. The first-order valence-electron chi connectivity index (χ1n) is 8.46. The molecule has 1 aromatic carbocycles. The number of ether oxygens (including phenoxy) is 1. The molecule has 0 aromatic heterocycles. The molecule has 1 atom stereocenters. The first-order valence-corrected chi connectivity index (χ1v) is 8.46. The lowest BCUT2D eigenvalue weighted by molar-refractivity contribution is -0.148. The van der Waals surface area contributed by atoms with Crippen LogP contribution in [0.5, 0.6) is 0 Å². The Morgan fingerprint density at radius 2 is 1.88 bits per heavy atom. The van der Waals surface area contributed by atoms with Gasteiger partial charge < -0.3 is 20.1 Å². The van der Waals surface area contributed by atoms with Gasteiger partial charge >= 0.3 is 11.9 Å². The number of hydrogen-bond donors (Lipinski definition) is 2. The van der Waals surface area contributed by atoms with Crippen LogP contribution in [0.4, 0.5) is 0 Å². The quantitative estimate of drug-likeness (QED) is 0.658. The molecule has 140 valence electrons. The highest BCUT2D eigenvalue weighted by molar-refractivity contribution is 5.89. The van der Waals surface area contributed by atoms with E-state index in [1.54, 1.807) is 0 Å². The number of carbonyl (C=O) groups is 4. The van der Waals surface area contributed by atoms with Crippen molar-refractivity contribution in [3.8, 4) is 0 Å². The third-order valence-electron chi connectivity index (χ3n) is 4.09. The molecule has 26 heavy (non-hydrogen) atoms. The van der Waals surface area contributed by atoms with E-state index < -0.39 is 29.8 Å². The molecule has 1 fully saturated rings. The molecule has 0 saturated carbocycles. The van der Waals surface area contributed by atoms with Crippen LogP contribution in [0.3, 0.4) is 0 Å². The zero-order chi connectivity index (χ0) is 18.9. The first-order chi connectivity index (χ1) is 12.5. The van der Waals surface area contributed by atoms with E-state index in [4.69, 9.17) is 9.84 Å². The molecule has 0 radical (unpaired) electrons. The molecule has 1 saturated heterocycles. The van der Waals surface area contributed by atoms with E-state index in [-0.39, 0.29) is 26.0 Å². The van der Waals surface area contributed by atoms with Crippen LogP contribution in [0.15, 0.2) is 30.3 Å². The number of hydrogen-bond acceptors (Lipinski definition) is 5. The third-order valence-corrected chi connectivity index (χ3v) is 4.09. The number of carboxylic acid groups (broad SMARTS) is 1. The summed E-state index contributed by atoms with van der Waals surface area (Å²) in [5.74, 6) is -2.43. The average molecular weight is 362 g/mol. The number of nitrogens with one attached hydrogen (secondary N) is 1. The summed E-state index contributed by atoms with van der Waals surface area (Å²) in [5.41, 5.74) is 0.856. The van der Waals surface area contributed by atoms with Crippen LogP contribution in [-0.2, 0) is 30.5 Å². The topological polar surface area (TPSA) is 113 Å². The van der Waals surface area contributed by atoms with E-state index in [0.717, 1.165) is 5.56 Å². The molecule has 2 rings (SSSR count). The van der Waals surface area contributed by atoms with E-state index in [1.807, 2.05) is 30.3 Å². The highest BCUT2D eigenvalue weighted by Crippen LogP contribution is 2.17. The summed E-state index contributed by atoms with van der Waals surface area (Å²) in [6.07, 6.45) is 0.865. The van der Waals surface area contributed by atoms with Gasteiger partial charge in [0.05, 0.1) is 13.0 Å². The number of nitrogens with zero attached hydrogens (tertiary/aromatic N) is 1. The zero-order valence-corrected chi connectivity index (χ0v) is 14.3. The number of carbonyl (C=O) groups excluding carboxylic acids is 3. The molecule has 1 heterocycles. The Bertz CT molecular complexity index is 661. The molecule has 1 aliphatic rings. The number of likely N-dealkylation sites (tertiary alicyclic amines) is 1. The highest BCUT2D eigenvalue weighted by Gasteiger charge is 2.33. The van der Waals surface area contributed by atoms with Crippen LogP contribution >= 0.6 is 0 Å². The van der Waals surface area contributed by atoms with Gasteiger partial charge in [-0.15, -0.1) is 0 Å². The summed E-state index contributed by atoms with van der Waals surface area (Å²) in [6.45, 7) is 0.241. The number of rotatable bonds is 8. The predicted molar refractivity (Wildman–Crippen MR) is 90.9 cm³/mol. The Hall–Kier alpha value is -2.90. The summed E-state index contributed by atoms with van der Waals surface area (Å²) in [5, 5.41) is 11.5. The number of aliphatic carboxylic acids is 1. The van der Waals surface area contributed by atoms with E-state index in [0.29, 0.717) is 19.4 Å². The zero-order valence-electron chi connectivity index (χ0n) is 14.3. The lowest BCUT2D eigenvalue weighted by atomic mass is 10.2. The third kappa shape index (κ3) is 5.87. The second-order valence-corrected chi connectivity index (χ2v) is 6.01. The molecule has 0 bridgehead atoms. The van der Waals surface area contributed by atoms with E-state index in [1.165, 1.54) is 4.90 Å². The predicted octanol–water partition coefficient (Wildman–Crippen LogP) is 0.702. The SMILES string of the molecule is O=C(CCC(=O)OCc1ccccc1)NCC(=O)N1CCC[C@H]1C(=O)O. The lowest BCUT2D eigenvalue weighted by Crippen LogP contribution is -2.45. The second kappa shape index (κ2) is 9.55. The van der Waals surface area contributed by atoms with Crippen molar-refractivity contribution >= 4 is 23.8 Å². The molecular weight excluding hydrogens is 340 g/mol. The summed E-state index contributed by atoms with van der Waals surface area (Å²) in [4.78, 5) is 47.7. The minimum atomic E-state index is -1.04. The van der Waals surface area contributed by atoms with E-state index in [2.05, 4.69) is 5.32 Å². The minimum absolute atomic E-state index is 0.0890. The molecule has 2 amide bonds. The van der Waals surface area contributed by atoms with Gasteiger partial charge in [0, 0.05) is 13.0 Å². The van der Waals surface area contributed by atoms with Crippen molar-refractivity contribution < 1.29 is 29.0 Å². The van der Waals surface area contributed by atoms with Crippen molar-refractivity contribution in [3.05, 3.63) is 35.9 Å². The van der Waals surface area contributed by atoms with Gasteiger partial charge in [0.1, 0.15) is 12.6 Å². The molecule has 2 N–H and O–H groups in total. The van der Waals surface area contributed by atoms with Gasteiger partial charge in [0.2, 0.25) is 11.8 Å². The highest BCUT2D eigenvalue weighted by atomic mass is 16.5. The maximum atomic E-state index is 12.0. The van der Waals surface area contributed by atoms with Crippen molar-refractivity contribution in [1.29, 1.82) is 0 Å². The van der Waals surface area contributed by atoms with Crippen LogP contribution < -0.4 is 5.32 Å². The van der Waals surface area contributed by atoms with Gasteiger partial charge in [-0.25, -0.2) is 4.79 Å². The minimum Gasteiger partial charge on any atom is -0.480 e. The Kier molecular flexibility index (Phi) is 7.13. The van der Waals surface area contributed by atoms with Crippen LogP contribution in [0, 0.1) is 0 Å². The molecule has 0 unspecified atom stereocenters. The molecule has 1 aliphatic heterocycles. The fraction of sp³-hybridized carbons (Fsp3) is 0.444. The molecule has 1 aromatic rings. The van der Waals surface area contributed by atoms with Crippen molar-refractivity contribution in [2.24, 2.45) is 0 Å². The standard InChI is InChI=1S/C18H22N2O6/c21-15(8-9-17(23)26-12-13-5-2-1-3-6-13)19-11-16(22)20-10-4-7-14(20)18(24)25/h1-3,5-6,14H,4,7-12H2,(H,19,21)(H,24,25)/t14-/m0/s1. The van der Waals surface area contributed by atoms with Crippen molar-refractivity contribution in [2.45, 2.75) is 38.3 Å². The second-order valence-electron chi connectivity index (χ2n) is 6.01. The Morgan fingerprint density at radius 3 is 2.58 bits per heavy atom. The Labute approximate surface area is 151 Å². The van der Waals surface area contributed by atoms with Crippen LogP contribution in [0.25, 0.3) is 0 Å². The maximum absolute atomic E-state index is 12.0. The van der Waals surface area contributed by atoms with Crippen molar-refractivity contribution in [1.82, 2.24) is 10.2 Å². The molecule has 8 nitrogen and oxygen atoms in total. The number of benzene rings is 1. The first kappa shape index (κ1) is 19.4. The number of amides is 2. The van der Waals surface area contributed by atoms with Gasteiger partial charge in [0.25, 0.3) is 0 Å². The Morgan fingerprint density at radius 1 is 1.15 bits per heavy atom. The van der Waals surface area contributed by atoms with E-state index >= 15 is 0 Å². The van der Waals surface area contributed by atoms with Gasteiger partial charge in [-0.3, -0.25) is 14.4 Å². The number of carboxylic acids is 1. The van der Waals surface area contributed by atoms with Gasteiger partial charge in [-0.2, -0.15) is 0 Å². The Balaban J connectivity index is 1.64. The van der Waals surface area contributed by atoms with Crippen LogP contribution in [0.1, 0.15) is 31.2 Å².